The summed E-state index contributed by atoms with van der Waals surface area (Å²) >= 11 is 0. The first-order valence-electron chi connectivity index (χ1n) is 22.8. The average molecular weight is 893 g/mol. The summed E-state index contributed by atoms with van der Waals surface area (Å²) in [5.41, 5.74) is 8.42. The zero-order chi connectivity index (χ0) is 45.6. The number of hydrogen-bond donors (Lipinski definition) is 4. The lowest BCUT2D eigenvalue weighted by atomic mass is 9.99. The molecular formula is C48H52N12O6. The fourth-order valence-electron chi connectivity index (χ4n) is 9.43. The number of fused-ring (bicyclic) bond motifs is 4. The molecule has 10 rings (SSSR count). The van der Waals surface area contributed by atoms with E-state index in [0.717, 1.165) is 100 Å². The van der Waals surface area contributed by atoms with Gasteiger partial charge in [-0.15, -0.1) is 0 Å². The molecule has 4 N–H and O–H groups in total. The molecule has 18 nitrogen and oxygen atoms in total. The Hall–Kier alpha value is -7.37. The van der Waals surface area contributed by atoms with Crippen LogP contribution in [0.25, 0.3) is 33.1 Å². The average Bonchev–Trinajstić information content (AvgIpc) is 3.56. The van der Waals surface area contributed by atoms with Gasteiger partial charge in [-0.1, -0.05) is 17.3 Å². The van der Waals surface area contributed by atoms with E-state index in [1.54, 1.807) is 12.0 Å². The number of aryl methyl sites for hydroxylation is 6. The third kappa shape index (κ3) is 8.15. The fourth-order valence-corrected chi connectivity index (χ4v) is 9.43. The first-order chi connectivity index (χ1) is 32.1. The number of nitrogens with one attached hydrogen (secondary N) is 4. The van der Waals surface area contributed by atoms with Crippen molar-refractivity contribution in [3.8, 4) is 16.9 Å². The van der Waals surface area contributed by atoms with E-state index in [1.807, 2.05) is 62.2 Å². The number of aromatic amines is 1. The van der Waals surface area contributed by atoms with Gasteiger partial charge in [-0.25, -0.2) is 19.6 Å². The topological polar surface area (TPSA) is 220 Å². The van der Waals surface area contributed by atoms with E-state index >= 15 is 0 Å². The van der Waals surface area contributed by atoms with Crippen LogP contribution in [0.15, 0.2) is 53.4 Å². The second-order valence-electron chi connectivity index (χ2n) is 17.5. The van der Waals surface area contributed by atoms with E-state index in [2.05, 4.69) is 47.8 Å². The van der Waals surface area contributed by atoms with Gasteiger partial charge in [-0.3, -0.25) is 24.5 Å². The van der Waals surface area contributed by atoms with Crippen LogP contribution in [0.2, 0.25) is 0 Å². The van der Waals surface area contributed by atoms with Gasteiger partial charge in [0.05, 0.1) is 41.5 Å². The van der Waals surface area contributed by atoms with Gasteiger partial charge in [0.1, 0.15) is 34.8 Å². The maximum Gasteiger partial charge on any atom is 0.289 e. The molecule has 0 radical (unpaired) electrons. The number of benzene rings is 2. The van der Waals surface area contributed by atoms with Crippen molar-refractivity contribution in [2.45, 2.75) is 110 Å². The zero-order valence-corrected chi connectivity index (χ0v) is 37.5. The first kappa shape index (κ1) is 42.6. The molecule has 0 spiro atoms. The lowest BCUT2D eigenvalue weighted by molar-refractivity contribution is -0.136. The number of hydrogen-bond acceptors (Lipinski definition) is 12. The second-order valence-corrected chi connectivity index (χ2v) is 17.5. The minimum atomic E-state index is -0.627. The molecule has 2 aliphatic heterocycles. The number of piperidine rings is 1. The number of imidazole rings is 1. The number of amides is 4. The summed E-state index contributed by atoms with van der Waals surface area (Å²) in [6, 6.07) is 11.2. The van der Waals surface area contributed by atoms with Gasteiger partial charge in [0.15, 0.2) is 0 Å². The van der Waals surface area contributed by atoms with E-state index in [-0.39, 0.29) is 24.1 Å². The highest BCUT2D eigenvalue weighted by Gasteiger charge is 2.39. The Morgan fingerprint density at radius 1 is 1.02 bits per heavy atom. The van der Waals surface area contributed by atoms with Crippen LogP contribution in [0, 0.1) is 13.8 Å². The van der Waals surface area contributed by atoms with Crippen molar-refractivity contribution in [2.75, 3.05) is 19.0 Å². The van der Waals surface area contributed by atoms with Crippen LogP contribution in [0.1, 0.15) is 113 Å². The summed E-state index contributed by atoms with van der Waals surface area (Å²) in [6.07, 6.45) is 10.7. The number of anilines is 2. The number of imide groups is 1. The Morgan fingerprint density at radius 2 is 1.88 bits per heavy atom. The number of methoxy groups -OCH3 is 1. The van der Waals surface area contributed by atoms with Crippen LogP contribution < -0.4 is 20.7 Å². The highest BCUT2D eigenvalue weighted by atomic mass is 16.5. The van der Waals surface area contributed by atoms with Crippen molar-refractivity contribution in [1.29, 1.82) is 0 Å². The third-order valence-corrected chi connectivity index (χ3v) is 13.0. The number of aromatic nitrogens is 8. The SMILES string of the molecule is CCn1nc(C2CC2)cc1Nc1nc(C(=O)NCCCc2cn(CCCCc3cccc4c3CN(C3CCC(=O)NC3=O)C4=O)cn2)nc2[nH]c3cc(-c4c(C)noc4C)c(OC)cc3c12. The van der Waals surface area contributed by atoms with Crippen molar-refractivity contribution < 1.29 is 28.4 Å². The third-order valence-electron chi connectivity index (χ3n) is 13.0. The molecule has 4 amide bonds. The van der Waals surface area contributed by atoms with E-state index in [1.165, 1.54) is 0 Å². The number of carbonyl (C=O) groups excluding carboxylic acids is 4. The van der Waals surface area contributed by atoms with E-state index in [0.29, 0.717) is 73.4 Å². The molecule has 2 aromatic carbocycles. The van der Waals surface area contributed by atoms with Gasteiger partial charge >= 0.3 is 0 Å². The normalized spacial score (nSPS) is 16.1. The molecule has 1 aliphatic carbocycles. The Balaban J connectivity index is 0.783. The van der Waals surface area contributed by atoms with Crippen LogP contribution in [-0.2, 0) is 42.1 Å². The van der Waals surface area contributed by atoms with Gasteiger partial charge in [-0.2, -0.15) is 5.10 Å². The Kier molecular flexibility index (Phi) is 11.3. The number of H-pyrrole nitrogens is 1. The van der Waals surface area contributed by atoms with E-state index < -0.39 is 17.9 Å². The summed E-state index contributed by atoms with van der Waals surface area (Å²) in [4.78, 5) is 70.5. The van der Waals surface area contributed by atoms with Crippen molar-refractivity contribution in [2.24, 2.45) is 0 Å². The monoisotopic (exact) mass is 892 g/mol. The molecule has 1 atom stereocenters. The predicted molar refractivity (Wildman–Crippen MR) is 244 cm³/mol. The highest BCUT2D eigenvalue weighted by Crippen LogP contribution is 2.43. The van der Waals surface area contributed by atoms with Crippen LogP contribution in [0.3, 0.4) is 0 Å². The number of ether oxygens (including phenoxy) is 1. The summed E-state index contributed by atoms with van der Waals surface area (Å²) in [5, 5.41) is 19.5. The van der Waals surface area contributed by atoms with Crippen molar-refractivity contribution in [3.63, 3.8) is 0 Å². The van der Waals surface area contributed by atoms with Crippen molar-refractivity contribution in [3.05, 3.63) is 94.3 Å². The maximum atomic E-state index is 13.8. The van der Waals surface area contributed by atoms with E-state index in [4.69, 9.17) is 24.3 Å². The molecule has 66 heavy (non-hydrogen) atoms. The standard InChI is InChI=1S/C48H52N12O6/c1-5-60-39(22-35(56-60)29-14-15-29)52-44-42-32-21-38(65-4)33(41-26(2)57-66-27(41)3)20-36(32)51-43(42)54-45(55-44)47(63)49-18-9-12-30-23-58(25-50-30)19-7-6-10-28-11-8-13-31-34(28)24-59(48(31)64)37-16-17-40(61)53-46(37)62/h8,11,13,20-23,25,29,37H,5-7,9-10,12,14-19,24H2,1-4H3,(H,49,63)(H,53,61,62)(H2,51,52,54,55). The molecule has 1 unspecified atom stereocenters. The summed E-state index contributed by atoms with van der Waals surface area (Å²) in [6.45, 7) is 8.05. The lowest BCUT2D eigenvalue weighted by Gasteiger charge is -2.29. The summed E-state index contributed by atoms with van der Waals surface area (Å²) in [7, 11) is 1.63. The van der Waals surface area contributed by atoms with Crippen LogP contribution >= 0.6 is 0 Å². The molecule has 7 aromatic rings. The van der Waals surface area contributed by atoms with Crippen LogP contribution in [0.5, 0.6) is 5.75 Å². The zero-order valence-electron chi connectivity index (χ0n) is 37.5. The molecule has 2 fully saturated rings. The summed E-state index contributed by atoms with van der Waals surface area (Å²) in [5.74, 6) is 1.83. The first-order valence-corrected chi connectivity index (χ1v) is 22.8. The maximum absolute atomic E-state index is 13.8. The van der Waals surface area contributed by atoms with Crippen LogP contribution in [-0.4, -0.2) is 87.7 Å². The van der Waals surface area contributed by atoms with Gasteiger partial charge in [0.2, 0.25) is 17.6 Å². The van der Waals surface area contributed by atoms with Crippen molar-refractivity contribution in [1.82, 2.24) is 55.0 Å². The van der Waals surface area contributed by atoms with Gasteiger partial charge in [0.25, 0.3) is 11.8 Å². The van der Waals surface area contributed by atoms with Gasteiger partial charge < -0.3 is 34.3 Å². The van der Waals surface area contributed by atoms with Crippen LogP contribution in [0.4, 0.5) is 11.6 Å². The highest BCUT2D eigenvalue weighted by molar-refractivity contribution is 6.14. The Bertz CT molecular complexity index is 3030. The number of unbranched alkanes of at least 4 members (excludes halogenated alkanes) is 1. The van der Waals surface area contributed by atoms with Crippen molar-refractivity contribution >= 4 is 57.2 Å². The number of nitrogens with zero attached hydrogens (tertiary/aromatic N) is 8. The molecule has 7 heterocycles. The predicted octanol–water partition coefficient (Wildman–Crippen LogP) is 6.57. The minimum Gasteiger partial charge on any atom is -0.496 e. The summed E-state index contributed by atoms with van der Waals surface area (Å²) < 4.78 is 15.4. The van der Waals surface area contributed by atoms with Gasteiger partial charge in [-0.05, 0) is 101 Å². The Morgan fingerprint density at radius 3 is 2.65 bits per heavy atom. The molecule has 3 aliphatic rings. The molecule has 5 aromatic heterocycles. The second kappa shape index (κ2) is 17.5. The number of rotatable bonds is 17. The Labute approximate surface area is 379 Å². The minimum absolute atomic E-state index is 0.0300. The quantitative estimate of drug-likeness (QED) is 0.0564. The van der Waals surface area contributed by atoms with E-state index in [9.17, 15) is 19.2 Å². The smallest absolute Gasteiger partial charge is 0.289 e. The molecule has 1 saturated carbocycles. The largest absolute Gasteiger partial charge is 0.496 e. The molecule has 0 bridgehead atoms. The molecule has 340 valence electrons. The van der Waals surface area contributed by atoms with Gasteiger partial charge in [0, 0.05) is 72.8 Å². The number of carbonyl (C=O) groups is 4. The molecule has 18 heteroatoms. The fraction of sp³-hybridized carbons (Fsp3) is 0.396. The molecule has 1 saturated heterocycles. The molecular weight excluding hydrogens is 841 g/mol. The lowest BCUT2D eigenvalue weighted by Crippen LogP contribution is -2.52.